The van der Waals surface area contributed by atoms with Crippen LogP contribution >= 0.6 is 0 Å². The Labute approximate surface area is 144 Å². The maximum Gasteiger partial charge on any atom is 0.323 e. The molecule has 0 aliphatic rings. The first-order valence-electron chi connectivity index (χ1n) is 7.89. The third-order valence-electron chi connectivity index (χ3n) is 3.50. The standard InChI is InChI=1S/C18H19FN4O2/c1-11(2)25-17-15-10-14(7-8-16(15)23(3)22-17)21-18(24)20-13-6-4-5-12(19)9-13/h4-11H,1-3H3,(H2,20,21,24). The fraction of sp³-hybridized carbons (Fsp3) is 0.222. The summed E-state index contributed by atoms with van der Waals surface area (Å²) in [7, 11) is 1.83. The molecule has 0 spiro atoms. The van der Waals surface area contributed by atoms with Gasteiger partial charge in [0.1, 0.15) is 5.82 Å². The summed E-state index contributed by atoms with van der Waals surface area (Å²) in [6, 6.07) is 10.7. The van der Waals surface area contributed by atoms with E-state index >= 15 is 0 Å². The highest BCUT2D eigenvalue weighted by Gasteiger charge is 2.13. The number of fused-ring (bicyclic) bond motifs is 1. The molecule has 1 aromatic heterocycles. The zero-order valence-corrected chi connectivity index (χ0v) is 14.2. The lowest BCUT2D eigenvalue weighted by Crippen LogP contribution is -2.19. The number of nitrogens with one attached hydrogen (secondary N) is 2. The SMILES string of the molecule is CC(C)Oc1nn(C)c2ccc(NC(=O)Nc3cccc(F)c3)cc12. The van der Waals surface area contributed by atoms with Crippen molar-refractivity contribution in [2.24, 2.45) is 7.05 Å². The van der Waals surface area contributed by atoms with Gasteiger partial charge in [0.15, 0.2) is 0 Å². The average molecular weight is 342 g/mol. The second kappa shape index (κ2) is 6.80. The predicted octanol–water partition coefficient (Wildman–Crippen LogP) is 4.14. The number of benzene rings is 2. The molecule has 25 heavy (non-hydrogen) atoms. The molecule has 0 fully saturated rings. The van der Waals surface area contributed by atoms with Gasteiger partial charge in [-0.3, -0.25) is 4.68 Å². The molecule has 6 nitrogen and oxygen atoms in total. The number of amides is 2. The minimum Gasteiger partial charge on any atom is -0.473 e. The van der Waals surface area contributed by atoms with Crippen molar-refractivity contribution in [3.63, 3.8) is 0 Å². The number of carbonyl (C=O) groups is 1. The van der Waals surface area contributed by atoms with Gasteiger partial charge in [-0.15, -0.1) is 5.10 Å². The lowest BCUT2D eigenvalue weighted by atomic mass is 10.2. The van der Waals surface area contributed by atoms with Gasteiger partial charge < -0.3 is 15.4 Å². The largest absolute Gasteiger partial charge is 0.473 e. The summed E-state index contributed by atoms with van der Waals surface area (Å²) in [5.74, 6) is 0.103. The van der Waals surface area contributed by atoms with Crippen LogP contribution < -0.4 is 15.4 Å². The highest BCUT2D eigenvalue weighted by Crippen LogP contribution is 2.28. The minimum atomic E-state index is -0.458. The van der Waals surface area contributed by atoms with E-state index in [1.165, 1.54) is 18.2 Å². The zero-order valence-electron chi connectivity index (χ0n) is 14.2. The molecule has 0 saturated heterocycles. The Balaban J connectivity index is 1.80. The number of nitrogens with zero attached hydrogens (tertiary/aromatic N) is 2. The lowest BCUT2D eigenvalue weighted by Gasteiger charge is -2.09. The van der Waals surface area contributed by atoms with E-state index in [-0.39, 0.29) is 6.10 Å². The van der Waals surface area contributed by atoms with E-state index in [0.717, 1.165) is 10.9 Å². The van der Waals surface area contributed by atoms with Crippen LogP contribution in [0.5, 0.6) is 5.88 Å². The van der Waals surface area contributed by atoms with Gasteiger partial charge >= 0.3 is 6.03 Å². The first-order chi connectivity index (χ1) is 11.9. The van der Waals surface area contributed by atoms with E-state index < -0.39 is 11.8 Å². The average Bonchev–Trinajstić information content (AvgIpc) is 2.82. The Morgan fingerprint density at radius 1 is 1.16 bits per heavy atom. The molecule has 0 unspecified atom stereocenters. The molecule has 7 heteroatoms. The fourth-order valence-corrected chi connectivity index (χ4v) is 2.48. The molecule has 3 rings (SSSR count). The minimum absolute atomic E-state index is 0.00834. The van der Waals surface area contributed by atoms with E-state index in [1.54, 1.807) is 22.9 Å². The smallest absolute Gasteiger partial charge is 0.323 e. The van der Waals surface area contributed by atoms with E-state index in [4.69, 9.17) is 4.74 Å². The first kappa shape index (κ1) is 16.8. The second-order valence-electron chi connectivity index (χ2n) is 5.92. The van der Waals surface area contributed by atoms with Gasteiger partial charge in [-0.25, -0.2) is 9.18 Å². The van der Waals surface area contributed by atoms with Crippen molar-refractivity contribution in [3.8, 4) is 5.88 Å². The van der Waals surface area contributed by atoms with Gasteiger partial charge in [-0.1, -0.05) is 6.07 Å². The Morgan fingerprint density at radius 3 is 2.56 bits per heavy atom. The van der Waals surface area contributed by atoms with Crippen molar-refractivity contribution in [1.29, 1.82) is 0 Å². The third kappa shape index (κ3) is 3.88. The molecule has 3 aromatic rings. The van der Waals surface area contributed by atoms with E-state index in [0.29, 0.717) is 17.3 Å². The van der Waals surface area contributed by atoms with Gasteiger partial charge in [0.2, 0.25) is 5.88 Å². The highest BCUT2D eigenvalue weighted by molar-refractivity contribution is 6.01. The van der Waals surface area contributed by atoms with Crippen LogP contribution in [-0.4, -0.2) is 21.9 Å². The number of aromatic nitrogens is 2. The van der Waals surface area contributed by atoms with Crippen LogP contribution in [0.25, 0.3) is 10.9 Å². The number of halogens is 1. The van der Waals surface area contributed by atoms with Crippen molar-refractivity contribution in [2.75, 3.05) is 10.6 Å². The van der Waals surface area contributed by atoms with Crippen molar-refractivity contribution in [2.45, 2.75) is 20.0 Å². The van der Waals surface area contributed by atoms with Crippen LogP contribution in [0, 0.1) is 5.82 Å². The lowest BCUT2D eigenvalue weighted by molar-refractivity contribution is 0.233. The third-order valence-corrected chi connectivity index (χ3v) is 3.50. The molecule has 0 radical (unpaired) electrons. The molecule has 1 heterocycles. The molecule has 2 amide bonds. The van der Waals surface area contributed by atoms with Crippen LogP contribution in [0.3, 0.4) is 0 Å². The molecular weight excluding hydrogens is 323 g/mol. The molecule has 0 aliphatic heterocycles. The Morgan fingerprint density at radius 2 is 1.88 bits per heavy atom. The number of hydrogen-bond donors (Lipinski definition) is 2. The van der Waals surface area contributed by atoms with Gasteiger partial charge in [0.25, 0.3) is 0 Å². The molecule has 2 N–H and O–H groups in total. The molecular formula is C18H19FN4O2. The van der Waals surface area contributed by atoms with Gasteiger partial charge in [0.05, 0.1) is 17.0 Å². The van der Waals surface area contributed by atoms with Crippen LogP contribution in [0.4, 0.5) is 20.6 Å². The number of hydrogen-bond acceptors (Lipinski definition) is 3. The normalized spacial score (nSPS) is 10.9. The molecule has 0 saturated carbocycles. The monoisotopic (exact) mass is 342 g/mol. The van der Waals surface area contributed by atoms with Gasteiger partial charge in [0, 0.05) is 18.4 Å². The zero-order chi connectivity index (χ0) is 18.0. The topological polar surface area (TPSA) is 68.2 Å². The quantitative estimate of drug-likeness (QED) is 0.748. The highest BCUT2D eigenvalue weighted by atomic mass is 19.1. The fourth-order valence-electron chi connectivity index (χ4n) is 2.48. The Bertz CT molecular complexity index is 921. The maximum absolute atomic E-state index is 13.2. The summed E-state index contributed by atoms with van der Waals surface area (Å²) in [4.78, 5) is 12.1. The molecule has 130 valence electrons. The number of aryl methyl sites for hydroxylation is 1. The summed E-state index contributed by atoms with van der Waals surface area (Å²) in [6.07, 6.45) is -0.00834. The van der Waals surface area contributed by atoms with Crippen LogP contribution in [0.2, 0.25) is 0 Å². The van der Waals surface area contributed by atoms with E-state index in [1.807, 2.05) is 27.0 Å². The number of carbonyl (C=O) groups excluding carboxylic acids is 1. The Hall–Kier alpha value is -3.09. The summed E-state index contributed by atoms with van der Waals surface area (Å²) in [5.41, 5.74) is 1.86. The van der Waals surface area contributed by atoms with Crippen LogP contribution in [0.15, 0.2) is 42.5 Å². The molecule has 2 aromatic carbocycles. The number of urea groups is 1. The maximum atomic E-state index is 13.2. The second-order valence-corrected chi connectivity index (χ2v) is 5.92. The molecule has 0 bridgehead atoms. The summed E-state index contributed by atoms with van der Waals surface area (Å²) in [6.45, 7) is 3.85. The predicted molar refractivity (Wildman–Crippen MR) is 95.5 cm³/mol. The Kier molecular flexibility index (Phi) is 4.56. The van der Waals surface area contributed by atoms with Gasteiger partial charge in [-0.2, -0.15) is 0 Å². The molecule has 0 atom stereocenters. The molecule has 0 aliphatic carbocycles. The summed E-state index contributed by atoms with van der Waals surface area (Å²) in [5, 5.41) is 10.5. The van der Waals surface area contributed by atoms with E-state index in [2.05, 4.69) is 15.7 Å². The van der Waals surface area contributed by atoms with Crippen molar-refractivity contribution in [3.05, 3.63) is 48.3 Å². The van der Waals surface area contributed by atoms with Gasteiger partial charge in [-0.05, 0) is 50.2 Å². The summed E-state index contributed by atoms with van der Waals surface area (Å²) < 4.78 is 20.6. The number of ether oxygens (including phenoxy) is 1. The van der Waals surface area contributed by atoms with E-state index in [9.17, 15) is 9.18 Å². The first-order valence-corrected chi connectivity index (χ1v) is 7.89. The number of anilines is 2. The summed E-state index contributed by atoms with van der Waals surface area (Å²) >= 11 is 0. The van der Waals surface area contributed by atoms with Crippen LogP contribution in [0.1, 0.15) is 13.8 Å². The van der Waals surface area contributed by atoms with Crippen LogP contribution in [-0.2, 0) is 7.05 Å². The van der Waals surface area contributed by atoms with Crippen molar-refractivity contribution < 1.29 is 13.9 Å². The van der Waals surface area contributed by atoms with Crippen molar-refractivity contribution >= 4 is 28.3 Å². The van der Waals surface area contributed by atoms with Crippen molar-refractivity contribution in [1.82, 2.24) is 9.78 Å². The number of rotatable bonds is 4.